The van der Waals surface area contributed by atoms with Crippen LogP contribution in [0.2, 0.25) is 0 Å². The fraction of sp³-hybridized carbons (Fsp3) is 0.222. The fourth-order valence-corrected chi connectivity index (χ4v) is 3.97. The second-order valence-corrected chi connectivity index (χ2v) is 8.04. The maximum atomic E-state index is 13.1. The Morgan fingerprint density at radius 2 is 1.50 bits per heavy atom. The minimum Gasteiger partial charge on any atom is -0.466 e. The minimum absolute atomic E-state index is 0.160. The molecule has 0 aromatic heterocycles. The van der Waals surface area contributed by atoms with Crippen molar-refractivity contribution in [3.63, 3.8) is 0 Å². The standard InChI is InChI=1S/C27H24N2O7/c1-2-35-23(31)10-5-15-28-22(30)16-36-27(34)18-11-13-19(14-12-18)29-25(32)20-8-3-6-17-7-4-9-21(24(17)20)26(29)33/h3-4,6-9,11-14H,2,5,10,15-16H2,1H3,(H,28,30). The highest BCUT2D eigenvalue weighted by molar-refractivity contribution is 6.35. The number of rotatable bonds is 9. The van der Waals surface area contributed by atoms with Gasteiger partial charge in [0.1, 0.15) is 0 Å². The number of nitrogens with zero attached hydrogens (tertiary/aromatic N) is 1. The maximum absolute atomic E-state index is 13.1. The molecule has 0 unspecified atom stereocenters. The van der Waals surface area contributed by atoms with Crippen LogP contribution >= 0.6 is 0 Å². The summed E-state index contributed by atoms with van der Waals surface area (Å²) in [5, 5.41) is 4.00. The lowest BCUT2D eigenvalue weighted by Crippen LogP contribution is -2.40. The summed E-state index contributed by atoms with van der Waals surface area (Å²) in [6.07, 6.45) is 0.593. The quantitative estimate of drug-likeness (QED) is 0.279. The molecule has 184 valence electrons. The number of hydrogen-bond donors (Lipinski definition) is 1. The highest BCUT2D eigenvalue weighted by Crippen LogP contribution is 2.32. The predicted octanol–water partition coefficient (Wildman–Crippen LogP) is 3.26. The van der Waals surface area contributed by atoms with Crippen LogP contribution in [0.4, 0.5) is 5.69 Å². The number of carbonyl (C=O) groups excluding carboxylic acids is 5. The first-order chi connectivity index (χ1) is 17.4. The topological polar surface area (TPSA) is 119 Å². The largest absolute Gasteiger partial charge is 0.466 e. The molecule has 0 bridgehead atoms. The molecule has 4 rings (SSSR count). The van der Waals surface area contributed by atoms with E-state index in [-0.39, 0.29) is 24.5 Å². The van der Waals surface area contributed by atoms with E-state index in [1.54, 1.807) is 31.2 Å². The van der Waals surface area contributed by atoms with Gasteiger partial charge in [0, 0.05) is 29.5 Å². The van der Waals surface area contributed by atoms with Crippen LogP contribution in [0.25, 0.3) is 10.8 Å². The number of nitrogens with one attached hydrogen (secondary N) is 1. The van der Waals surface area contributed by atoms with Crippen molar-refractivity contribution in [2.45, 2.75) is 19.8 Å². The van der Waals surface area contributed by atoms with Gasteiger partial charge in [-0.2, -0.15) is 0 Å². The molecule has 0 spiro atoms. The van der Waals surface area contributed by atoms with Crippen molar-refractivity contribution >= 4 is 46.1 Å². The van der Waals surface area contributed by atoms with Crippen LogP contribution in [0.1, 0.15) is 50.8 Å². The lowest BCUT2D eigenvalue weighted by atomic mass is 9.94. The van der Waals surface area contributed by atoms with Gasteiger partial charge in [0.2, 0.25) is 0 Å². The number of carbonyl (C=O) groups is 5. The SMILES string of the molecule is CCOC(=O)CCCNC(=O)COC(=O)c1ccc(N2C(=O)c3cccc4cccc(c34)C2=O)cc1. The Hall–Kier alpha value is -4.53. The first-order valence-electron chi connectivity index (χ1n) is 11.5. The van der Waals surface area contributed by atoms with E-state index in [0.29, 0.717) is 35.2 Å². The van der Waals surface area contributed by atoms with Crippen molar-refractivity contribution < 1.29 is 33.4 Å². The van der Waals surface area contributed by atoms with Gasteiger partial charge in [0.05, 0.1) is 17.9 Å². The van der Waals surface area contributed by atoms with Crippen molar-refractivity contribution in [3.8, 4) is 0 Å². The molecule has 1 heterocycles. The zero-order valence-electron chi connectivity index (χ0n) is 19.6. The summed E-state index contributed by atoms with van der Waals surface area (Å²) in [5.41, 5.74) is 1.33. The van der Waals surface area contributed by atoms with Crippen LogP contribution in [0.15, 0.2) is 60.7 Å². The van der Waals surface area contributed by atoms with Gasteiger partial charge in [-0.25, -0.2) is 9.69 Å². The fourth-order valence-electron chi connectivity index (χ4n) is 3.97. The molecule has 3 amide bonds. The highest BCUT2D eigenvalue weighted by Gasteiger charge is 2.33. The summed E-state index contributed by atoms with van der Waals surface area (Å²) >= 11 is 0. The Morgan fingerprint density at radius 1 is 0.861 bits per heavy atom. The van der Waals surface area contributed by atoms with Gasteiger partial charge in [-0.3, -0.25) is 19.2 Å². The van der Waals surface area contributed by atoms with Crippen LogP contribution in [-0.2, 0) is 19.1 Å². The van der Waals surface area contributed by atoms with Crippen LogP contribution in [0.3, 0.4) is 0 Å². The summed E-state index contributed by atoms with van der Waals surface area (Å²) < 4.78 is 9.83. The molecule has 0 saturated heterocycles. The first-order valence-corrected chi connectivity index (χ1v) is 11.5. The number of esters is 2. The molecular weight excluding hydrogens is 464 g/mol. The average molecular weight is 488 g/mol. The van der Waals surface area contributed by atoms with Gasteiger partial charge < -0.3 is 14.8 Å². The van der Waals surface area contributed by atoms with Gasteiger partial charge in [-0.15, -0.1) is 0 Å². The Balaban J connectivity index is 1.35. The third kappa shape index (κ3) is 5.10. The third-order valence-electron chi connectivity index (χ3n) is 5.65. The van der Waals surface area contributed by atoms with E-state index >= 15 is 0 Å². The van der Waals surface area contributed by atoms with Crippen LogP contribution in [-0.4, -0.2) is 49.4 Å². The molecule has 3 aromatic carbocycles. The normalized spacial score (nSPS) is 12.4. The summed E-state index contributed by atoms with van der Waals surface area (Å²) in [6.45, 7) is 1.79. The molecule has 9 heteroatoms. The third-order valence-corrected chi connectivity index (χ3v) is 5.65. The van der Waals surface area contributed by atoms with Gasteiger partial charge >= 0.3 is 11.9 Å². The van der Waals surface area contributed by atoms with Gasteiger partial charge in [-0.1, -0.05) is 24.3 Å². The van der Waals surface area contributed by atoms with Crippen molar-refractivity contribution in [1.82, 2.24) is 5.32 Å². The van der Waals surface area contributed by atoms with E-state index in [9.17, 15) is 24.0 Å². The molecule has 1 aliphatic rings. The molecule has 0 saturated carbocycles. The van der Waals surface area contributed by atoms with E-state index in [2.05, 4.69) is 5.32 Å². The number of benzene rings is 3. The van der Waals surface area contributed by atoms with Crippen molar-refractivity contribution in [2.75, 3.05) is 24.7 Å². The molecule has 0 fully saturated rings. The number of ether oxygens (including phenoxy) is 2. The second-order valence-electron chi connectivity index (χ2n) is 8.04. The summed E-state index contributed by atoms with van der Waals surface area (Å²) in [7, 11) is 0. The summed E-state index contributed by atoms with van der Waals surface area (Å²) in [5.74, 6) is -2.45. The summed E-state index contributed by atoms with van der Waals surface area (Å²) in [6, 6.07) is 16.4. The van der Waals surface area contributed by atoms with Crippen LogP contribution in [0, 0.1) is 0 Å². The van der Waals surface area contributed by atoms with Gasteiger partial charge in [0.25, 0.3) is 17.7 Å². The number of amides is 3. The zero-order chi connectivity index (χ0) is 25.7. The van der Waals surface area contributed by atoms with Crippen molar-refractivity contribution in [1.29, 1.82) is 0 Å². The average Bonchev–Trinajstić information content (AvgIpc) is 2.89. The number of anilines is 1. The first kappa shape index (κ1) is 24.6. The van der Waals surface area contributed by atoms with Crippen LogP contribution in [0.5, 0.6) is 0 Å². The van der Waals surface area contributed by atoms with Crippen molar-refractivity contribution in [3.05, 3.63) is 77.4 Å². The van der Waals surface area contributed by atoms with Crippen LogP contribution < -0.4 is 10.2 Å². The van der Waals surface area contributed by atoms with E-state index in [4.69, 9.17) is 9.47 Å². The monoisotopic (exact) mass is 488 g/mol. The van der Waals surface area contributed by atoms with E-state index < -0.39 is 30.3 Å². The second kappa shape index (κ2) is 10.8. The van der Waals surface area contributed by atoms with E-state index in [1.165, 1.54) is 24.3 Å². The highest BCUT2D eigenvalue weighted by atomic mass is 16.5. The molecule has 3 aromatic rings. The molecule has 1 aliphatic heterocycles. The minimum atomic E-state index is -0.727. The lowest BCUT2D eigenvalue weighted by molar-refractivity contribution is -0.143. The Kier molecular flexibility index (Phi) is 7.39. The number of imide groups is 1. The van der Waals surface area contributed by atoms with Crippen molar-refractivity contribution in [2.24, 2.45) is 0 Å². The Bertz CT molecular complexity index is 1300. The summed E-state index contributed by atoms with van der Waals surface area (Å²) in [4.78, 5) is 62.8. The molecule has 0 atom stereocenters. The van der Waals surface area contributed by atoms with E-state index in [1.807, 2.05) is 12.1 Å². The molecule has 0 aliphatic carbocycles. The Morgan fingerprint density at radius 3 is 2.11 bits per heavy atom. The molecule has 0 radical (unpaired) electrons. The zero-order valence-corrected chi connectivity index (χ0v) is 19.6. The number of hydrogen-bond acceptors (Lipinski definition) is 7. The molecular formula is C27H24N2O7. The van der Waals surface area contributed by atoms with Gasteiger partial charge in [-0.05, 0) is 55.1 Å². The molecule has 9 nitrogen and oxygen atoms in total. The molecule has 36 heavy (non-hydrogen) atoms. The Labute approximate surface area is 207 Å². The lowest BCUT2D eigenvalue weighted by Gasteiger charge is -2.27. The predicted molar refractivity (Wildman–Crippen MR) is 131 cm³/mol. The van der Waals surface area contributed by atoms with E-state index in [0.717, 1.165) is 10.3 Å². The smallest absolute Gasteiger partial charge is 0.338 e. The molecule has 1 N–H and O–H groups in total. The maximum Gasteiger partial charge on any atom is 0.338 e. The van der Waals surface area contributed by atoms with Gasteiger partial charge in [0.15, 0.2) is 6.61 Å².